The Balaban J connectivity index is 1.91. The minimum atomic E-state index is -4.58. The van der Waals surface area contributed by atoms with Crippen molar-refractivity contribution in [3.8, 4) is 0 Å². The summed E-state index contributed by atoms with van der Waals surface area (Å²) in [7, 11) is 1.74. The first kappa shape index (κ1) is 19.3. The predicted molar refractivity (Wildman–Crippen MR) is 101 cm³/mol. The number of carbonyl (C=O) groups is 1. The minimum Gasteiger partial charge on any atom is -0.320 e. The van der Waals surface area contributed by atoms with Gasteiger partial charge in [-0.05, 0) is 37.3 Å². The summed E-state index contributed by atoms with van der Waals surface area (Å²) < 4.78 is 39.4. The van der Waals surface area contributed by atoms with Gasteiger partial charge < -0.3 is 10.2 Å². The molecular formula is C20H17F3N4O. The number of halogens is 3. The summed E-state index contributed by atoms with van der Waals surface area (Å²) in [5, 5.41) is 2.30. The molecule has 0 aliphatic carbocycles. The number of benzene rings is 2. The number of nitrogens with zero attached hydrogens (tertiary/aromatic N) is 3. The van der Waals surface area contributed by atoms with Crippen molar-refractivity contribution >= 4 is 23.2 Å². The Labute approximate surface area is 159 Å². The second kappa shape index (κ2) is 7.67. The van der Waals surface area contributed by atoms with Crippen LogP contribution in [-0.2, 0) is 6.18 Å². The average Bonchev–Trinajstić information content (AvgIpc) is 2.67. The molecule has 0 fully saturated rings. The molecule has 1 heterocycles. The SMILES string of the molecule is Cc1cc(C(=O)Nc2ccccc2C(F)(F)F)nc(N(C)c2ccccc2)n1. The fourth-order valence-corrected chi connectivity index (χ4v) is 2.61. The average molecular weight is 386 g/mol. The van der Waals surface area contributed by atoms with Gasteiger partial charge in [0, 0.05) is 18.4 Å². The van der Waals surface area contributed by atoms with Gasteiger partial charge in [0.05, 0.1) is 11.3 Å². The van der Waals surface area contributed by atoms with Crippen molar-refractivity contribution < 1.29 is 18.0 Å². The van der Waals surface area contributed by atoms with Crippen LogP contribution in [0.15, 0.2) is 60.7 Å². The lowest BCUT2D eigenvalue weighted by atomic mass is 10.1. The van der Waals surface area contributed by atoms with Gasteiger partial charge in [-0.15, -0.1) is 0 Å². The number of nitrogens with one attached hydrogen (secondary N) is 1. The largest absolute Gasteiger partial charge is 0.418 e. The Morgan fingerprint density at radius 1 is 1.00 bits per heavy atom. The lowest BCUT2D eigenvalue weighted by Gasteiger charge is -2.18. The number of para-hydroxylation sites is 2. The first-order valence-electron chi connectivity index (χ1n) is 8.38. The van der Waals surface area contributed by atoms with Crippen LogP contribution in [0.4, 0.5) is 30.5 Å². The molecule has 5 nitrogen and oxygen atoms in total. The topological polar surface area (TPSA) is 58.1 Å². The van der Waals surface area contributed by atoms with Crippen LogP contribution in [0.3, 0.4) is 0 Å². The van der Waals surface area contributed by atoms with Crippen LogP contribution in [0.2, 0.25) is 0 Å². The number of alkyl halides is 3. The van der Waals surface area contributed by atoms with Gasteiger partial charge in [0.2, 0.25) is 5.95 Å². The first-order chi connectivity index (χ1) is 13.3. The number of hydrogen-bond acceptors (Lipinski definition) is 4. The molecule has 3 aromatic rings. The summed E-state index contributed by atoms with van der Waals surface area (Å²) in [5.41, 5.74) is 0.0520. The number of hydrogen-bond donors (Lipinski definition) is 1. The zero-order chi connectivity index (χ0) is 20.3. The summed E-state index contributed by atoms with van der Waals surface area (Å²) >= 11 is 0. The molecule has 0 aliphatic rings. The third-order valence-electron chi connectivity index (χ3n) is 4.00. The van der Waals surface area contributed by atoms with Crippen molar-refractivity contribution in [1.82, 2.24) is 9.97 Å². The van der Waals surface area contributed by atoms with Crippen molar-refractivity contribution in [2.75, 3.05) is 17.3 Å². The smallest absolute Gasteiger partial charge is 0.320 e. The third-order valence-corrected chi connectivity index (χ3v) is 4.00. The van der Waals surface area contributed by atoms with E-state index in [0.717, 1.165) is 11.8 Å². The maximum Gasteiger partial charge on any atom is 0.418 e. The van der Waals surface area contributed by atoms with Gasteiger partial charge in [-0.25, -0.2) is 9.97 Å². The standard InChI is InChI=1S/C20H17F3N4O/c1-13-12-17(26-19(24-13)27(2)14-8-4-3-5-9-14)18(28)25-16-11-7-6-10-15(16)20(21,22)23/h3-12H,1-2H3,(H,25,28). The van der Waals surface area contributed by atoms with Crippen molar-refractivity contribution in [1.29, 1.82) is 0 Å². The van der Waals surface area contributed by atoms with Crippen molar-refractivity contribution in [2.24, 2.45) is 0 Å². The van der Waals surface area contributed by atoms with Crippen LogP contribution in [-0.4, -0.2) is 22.9 Å². The van der Waals surface area contributed by atoms with Gasteiger partial charge in [0.15, 0.2) is 0 Å². The fourth-order valence-electron chi connectivity index (χ4n) is 2.61. The van der Waals surface area contributed by atoms with Gasteiger partial charge in [-0.3, -0.25) is 4.79 Å². The van der Waals surface area contributed by atoms with E-state index < -0.39 is 17.6 Å². The van der Waals surface area contributed by atoms with E-state index in [1.807, 2.05) is 30.3 Å². The second-order valence-electron chi connectivity index (χ2n) is 6.09. The molecule has 0 aliphatic heterocycles. The van der Waals surface area contributed by atoms with E-state index >= 15 is 0 Å². The highest BCUT2D eigenvalue weighted by atomic mass is 19.4. The highest BCUT2D eigenvalue weighted by Gasteiger charge is 2.33. The van der Waals surface area contributed by atoms with Gasteiger partial charge in [-0.2, -0.15) is 13.2 Å². The minimum absolute atomic E-state index is 0.0257. The maximum absolute atomic E-state index is 13.1. The Morgan fingerprint density at radius 2 is 1.64 bits per heavy atom. The number of rotatable bonds is 4. The highest BCUT2D eigenvalue weighted by Crippen LogP contribution is 2.34. The van der Waals surface area contributed by atoms with E-state index in [0.29, 0.717) is 5.69 Å². The molecule has 0 saturated heterocycles. The molecule has 0 saturated carbocycles. The first-order valence-corrected chi connectivity index (χ1v) is 8.38. The number of carbonyl (C=O) groups excluding carboxylic acids is 1. The third kappa shape index (κ3) is 4.28. The Hall–Kier alpha value is -3.42. The summed E-state index contributed by atoms with van der Waals surface area (Å²) in [6.45, 7) is 1.68. The van der Waals surface area contributed by atoms with Crippen molar-refractivity contribution in [2.45, 2.75) is 13.1 Å². The van der Waals surface area contributed by atoms with Gasteiger partial charge >= 0.3 is 6.18 Å². The Bertz CT molecular complexity index is 990. The molecule has 1 aromatic heterocycles. The van der Waals surface area contributed by atoms with Gasteiger partial charge in [-0.1, -0.05) is 30.3 Å². The molecule has 28 heavy (non-hydrogen) atoms. The van der Waals surface area contributed by atoms with E-state index in [-0.39, 0.29) is 17.3 Å². The molecule has 0 spiro atoms. The van der Waals surface area contributed by atoms with Crippen molar-refractivity contribution in [3.63, 3.8) is 0 Å². The van der Waals surface area contributed by atoms with Crippen LogP contribution in [0.5, 0.6) is 0 Å². The Morgan fingerprint density at radius 3 is 2.32 bits per heavy atom. The van der Waals surface area contributed by atoms with E-state index in [2.05, 4.69) is 15.3 Å². The zero-order valence-corrected chi connectivity index (χ0v) is 15.2. The van der Waals surface area contributed by atoms with Crippen LogP contribution < -0.4 is 10.2 Å². The molecule has 0 atom stereocenters. The van der Waals surface area contributed by atoms with Crippen LogP contribution in [0.1, 0.15) is 21.7 Å². The van der Waals surface area contributed by atoms with E-state index in [1.54, 1.807) is 18.9 Å². The van der Waals surface area contributed by atoms with Crippen LogP contribution >= 0.6 is 0 Å². The lowest BCUT2D eigenvalue weighted by Crippen LogP contribution is -2.20. The van der Waals surface area contributed by atoms with Crippen LogP contribution in [0.25, 0.3) is 0 Å². The molecule has 0 bridgehead atoms. The zero-order valence-electron chi connectivity index (χ0n) is 15.2. The summed E-state index contributed by atoms with van der Waals surface area (Å²) in [4.78, 5) is 22.8. The molecule has 144 valence electrons. The molecule has 3 rings (SSSR count). The van der Waals surface area contributed by atoms with Gasteiger partial charge in [0.25, 0.3) is 5.91 Å². The van der Waals surface area contributed by atoms with E-state index in [4.69, 9.17) is 0 Å². The second-order valence-corrected chi connectivity index (χ2v) is 6.09. The number of anilines is 3. The summed E-state index contributed by atoms with van der Waals surface area (Å²) in [6.07, 6.45) is -4.58. The lowest BCUT2D eigenvalue weighted by molar-refractivity contribution is -0.136. The van der Waals surface area contributed by atoms with Crippen molar-refractivity contribution in [3.05, 3.63) is 77.6 Å². The molecule has 8 heteroatoms. The maximum atomic E-state index is 13.1. The molecule has 2 aromatic carbocycles. The Kier molecular flexibility index (Phi) is 5.30. The fraction of sp³-hybridized carbons (Fsp3) is 0.150. The number of aryl methyl sites for hydroxylation is 1. The number of aromatic nitrogens is 2. The molecule has 0 radical (unpaired) electrons. The monoisotopic (exact) mass is 386 g/mol. The summed E-state index contributed by atoms with van der Waals surface area (Å²) in [6, 6.07) is 15.5. The van der Waals surface area contributed by atoms with Crippen LogP contribution in [0, 0.1) is 6.92 Å². The predicted octanol–water partition coefficient (Wildman–Crippen LogP) is 4.82. The van der Waals surface area contributed by atoms with E-state index in [9.17, 15) is 18.0 Å². The number of amides is 1. The summed E-state index contributed by atoms with van der Waals surface area (Å²) in [5.74, 6) is -0.481. The molecule has 1 amide bonds. The molecule has 0 unspecified atom stereocenters. The van der Waals surface area contributed by atoms with Gasteiger partial charge in [0.1, 0.15) is 5.69 Å². The highest BCUT2D eigenvalue weighted by molar-refractivity contribution is 6.03. The van der Waals surface area contributed by atoms with E-state index in [1.165, 1.54) is 24.3 Å². The normalized spacial score (nSPS) is 11.2. The molecular weight excluding hydrogens is 369 g/mol. The molecule has 1 N–H and O–H groups in total. The quantitative estimate of drug-likeness (QED) is 0.698.